The van der Waals surface area contributed by atoms with Crippen LogP contribution in [0.3, 0.4) is 0 Å². The maximum Gasteiger partial charge on any atom is 0.350 e. The summed E-state index contributed by atoms with van der Waals surface area (Å²) in [6.07, 6.45) is 4.05. The Morgan fingerprint density at radius 3 is 2.92 bits per heavy atom. The molecule has 5 nitrogen and oxygen atoms in total. The average molecular weight is 368 g/mol. The molecule has 6 heteroatoms. The SMILES string of the molecule is CCOC(=O)c1sc2nc3c(c(-c4cccc(O)c4)c2c1N)CCCC3. The van der Waals surface area contributed by atoms with Crippen molar-refractivity contribution in [3.63, 3.8) is 0 Å². The monoisotopic (exact) mass is 368 g/mol. The first kappa shape index (κ1) is 16.8. The number of nitrogens with zero attached hydrogens (tertiary/aromatic N) is 1. The van der Waals surface area contributed by atoms with Gasteiger partial charge < -0.3 is 15.6 Å². The number of ether oxygens (including phenoxy) is 1. The molecule has 0 bridgehead atoms. The van der Waals surface area contributed by atoms with Crippen LogP contribution in [-0.4, -0.2) is 22.7 Å². The lowest BCUT2D eigenvalue weighted by Crippen LogP contribution is -2.08. The number of aryl methyl sites for hydroxylation is 1. The Hall–Kier alpha value is -2.60. The van der Waals surface area contributed by atoms with Crippen molar-refractivity contribution in [2.75, 3.05) is 12.3 Å². The molecule has 0 amide bonds. The van der Waals surface area contributed by atoms with Gasteiger partial charge in [-0.2, -0.15) is 0 Å². The Bertz CT molecular complexity index is 1010. The zero-order valence-electron chi connectivity index (χ0n) is 14.5. The maximum atomic E-state index is 12.3. The molecular formula is C20H20N2O3S. The fourth-order valence-corrected chi connectivity index (χ4v) is 4.65. The first-order valence-electron chi connectivity index (χ1n) is 8.80. The second-order valence-corrected chi connectivity index (χ2v) is 7.41. The van der Waals surface area contributed by atoms with E-state index in [1.807, 2.05) is 12.1 Å². The number of carbonyl (C=O) groups is 1. The molecule has 4 rings (SSSR count). The molecule has 0 unspecified atom stereocenters. The zero-order valence-corrected chi connectivity index (χ0v) is 15.4. The van der Waals surface area contributed by atoms with Gasteiger partial charge in [-0.05, 0) is 61.4 Å². The van der Waals surface area contributed by atoms with Gasteiger partial charge in [0.05, 0.1) is 12.3 Å². The van der Waals surface area contributed by atoms with Crippen LogP contribution in [0, 0.1) is 0 Å². The molecule has 0 aliphatic heterocycles. The smallest absolute Gasteiger partial charge is 0.350 e. The predicted octanol–water partition coefficient (Wildman–Crippen LogP) is 4.31. The number of aromatic nitrogens is 1. The standard InChI is InChI=1S/C20H20N2O3S/c1-2-25-20(24)18-17(21)16-15(11-6-5-7-12(23)10-11)13-8-3-4-9-14(13)22-19(16)26-18/h5-7,10,23H,2-4,8-9,21H2,1H3. The summed E-state index contributed by atoms with van der Waals surface area (Å²) in [7, 11) is 0. The Balaban J connectivity index is 2.05. The number of rotatable bonds is 3. The summed E-state index contributed by atoms with van der Waals surface area (Å²) in [6.45, 7) is 2.08. The minimum Gasteiger partial charge on any atom is -0.508 e. The first-order valence-corrected chi connectivity index (χ1v) is 9.62. The number of esters is 1. The van der Waals surface area contributed by atoms with E-state index in [9.17, 15) is 9.90 Å². The second kappa shape index (κ2) is 6.61. The van der Waals surface area contributed by atoms with Crippen LogP contribution < -0.4 is 5.73 Å². The van der Waals surface area contributed by atoms with E-state index in [2.05, 4.69) is 0 Å². The molecule has 3 aromatic rings. The van der Waals surface area contributed by atoms with Crippen LogP contribution >= 0.6 is 11.3 Å². The predicted molar refractivity (Wildman–Crippen MR) is 104 cm³/mol. The third-order valence-electron chi connectivity index (χ3n) is 4.75. The number of thiophene rings is 1. The topological polar surface area (TPSA) is 85.4 Å². The number of hydrogen-bond acceptors (Lipinski definition) is 6. The number of benzene rings is 1. The Morgan fingerprint density at radius 2 is 2.15 bits per heavy atom. The van der Waals surface area contributed by atoms with E-state index in [0.29, 0.717) is 17.2 Å². The lowest BCUT2D eigenvalue weighted by Gasteiger charge is -2.20. The van der Waals surface area contributed by atoms with Gasteiger partial charge in [-0.3, -0.25) is 0 Å². The fourth-order valence-electron chi connectivity index (χ4n) is 3.64. The van der Waals surface area contributed by atoms with Gasteiger partial charge >= 0.3 is 5.97 Å². The number of hydrogen-bond donors (Lipinski definition) is 2. The van der Waals surface area contributed by atoms with Crippen LogP contribution in [0.25, 0.3) is 21.3 Å². The molecule has 0 atom stereocenters. The van der Waals surface area contributed by atoms with Gasteiger partial charge in [0.2, 0.25) is 0 Å². The van der Waals surface area contributed by atoms with Gasteiger partial charge in [0.25, 0.3) is 0 Å². The number of phenols is 1. The van der Waals surface area contributed by atoms with E-state index in [-0.39, 0.29) is 5.75 Å². The lowest BCUT2D eigenvalue weighted by molar-refractivity contribution is 0.0533. The summed E-state index contributed by atoms with van der Waals surface area (Å²) in [5.74, 6) is -0.204. The quantitative estimate of drug-likeness (QED) is 0.673. The average Bonchev–Trinajstić information content (AvgIpc) is 2.96. The van der Waals surface area contributed by atoms with E-state index in [1.54, 1.807) is 19.1 Å². The minimum atomic E-state index is -0.409. The van der Waals surface area contributed by atoms with E-state index >= 15 is 0 Å². The van der Waals surface area contributed by atoms with Gasteiger partial charge in [0.1, 0.15) is 15.5 Å². The van der Waals surface area contributed by atoms with Crippen molar-refractivity contribution in [3.8, 4) is 16.9 Å². The highest BCUT2D eigenvalue weighted by Gasteiger charge is 2.26. The van der Waals surface area contributed by atoms with Crippen LogP contribution in [-0.2, 0) is 17.6 Å². The van der Waals surface area contributed by atoms with Gasteiger partial charge in [-0.15, -0.1) is 11.3 Å². The number of carbonyl (C=O) groups excluding carboxylic acids is 1. The van der Waals surface area contributed by atoms with Gasteiger partial charge in [0, 0.05) is 11.1 Å². The van der Waals surface area contributed by atoms with Crippen LogP contribution in [0.15, 0.2) is 24.3 Å². The Kier molecular flexibility index (Phi) is 4.28. The molecule has 2 heterocycles. The van der Waals surface area contributed by atoms with Crippen molar-refractivity contribution in [2.24, 2.45) is 0 Å². The molecule has 134 valence electrons. The maximum absolute atomic E-state index is 12.3. The molecule has 0 saturated carbocycles. The molecular weight excluding hydrogens is 348 g/mol. The third kappa shape index (κ3) is 2.70. The zero-order chi connectivity index (χ0) is 18.3. The summed E-state index contributed by atoms with van der Waals surface area (Å²) >= 11 is 1.28. The van der Waals surface area contributed by atoms with Crippen molar-refractivity contribution in [1.29, 1.82) is 0 Å². The van der Waals surface area contributed by atoms with Gasteiger partial charge in [-0.25, -0.2) is 9.78 Å². The van der Waals surface area contributed by atoms with Gasteiger partial charge in [0.15, 0.2) is 0 Å². The fraction of sp³-hybridized carbons (Fsp3) is 0.300. The number of anilines is 1. The number of phenolic OH excluding ortho intramolecular Hbond substituents is 1. The molecule has 0 spiro atoms. The highest BCUT2D eigenvalue weighted by atomic mass is 32.1. The Labute approximate surface area is 155 Å². The molecule has 0 radical (unpaired) electrons. The van der Waals surface area contributed by atoms with Crippen LogP contribution in [0.4, 0.5) is 5.69 Å². The third-order valence-corrected chi connectivity index (χ3v) is 5.83. The van der Waals surface area contributed by atoms with E-state index in [4.69, 9.17) is 15.5 Å². The number of fused-ring (bicyclic) bond motifs is 2. The Morgan fingerprint density at radius 1 is 1.35 bits per heavy atom. The largest absolute Gasteiger partial charge is 0.508 e. The molecule has 0 fully saturated rings. The highest BCUT2D eigenvalue weighted by molar-refractivity contribution is 7.21. The second-order valence-electron chi connectivity index (χ2n) is 6.41. The van der Waals surface area contributed by atoms with Crippen molar-refractivity contribution >= 4 is 33.2 Å². The van der Waals surface area contributed by atoms with Crippen LogP contribution in [0.1, 0.15) is 40.7 Å². The molecule has 1 aromatic carbocycles. The summed E-state index contributed by atoms with van der Waals surface area (Å²) in [5, 5.41) is 10.8. The summed E-state index contributed by atoms with van der Waals surface area (Å²) < 4.78 is 5.15. The highest BCUT2D eigenvalue weighted by Crippen LogP contribution is 2.44. The summed E-state index contributed by atoms with van der Waals surface area (Å²) in [5.41, 5.74) is 10.9. The van der Waals surface area contributed by atoms with E-state index in [0.717, 1.165) is 52.7 Å². The van der Waals surface area contributed by atoms with Crippen molar-refractivity contribution in [2.45, 2.75) is 32.6 Å². The molecule has 3 N–H and O–H groups in total. The minimum absolute atomic E-state index is 0.205. The van der Waals surface area contributed by atoms with E-state index < -0.39 is 5.97 Å². The number of nitrogens with two attached hydrogens (primary N) is 1. The van der Waals surface area contributed by atoms with Gasteiger partial charge in [-0.1, -0.05) is 12.1 Å². The molecule has 2 aromatic heterocycles. The summed E-state index contributed by atoms with van der Waals surface area (Å²) in [6, 6.07) is 7.17. The first-order chi connectivity index (χ1) is 12.6. The number of pyridine rings is 1. The van der Waals surface area contributed by atoms with Crippen LogP contribution in [0.5, 0.6) is 5.75 Å². The number of nitrogen functional groups attached to an aromatic ring is 1. The molecule has 1 aliphatic rings. The van der Waals surface area contributed by atoms with Crippen molar-refractivity contribution < 1.29 is 14.6 Å². The van der Waals surface area contributed by atoms with E-state index in [1.165, 1.54) is 16.9 Å². The summed E-state index contributed by atoms with van der Waals surface area (Å²) in [4.78, 5) is 18.3. The normalized spacial score (nSPS) is 13.6. The molecule has 0 saturated heterocycles. The number of aromatic hydroxyl groups is 1. The molecule has 1 aliphatic carbocycles. The van der Waals surface area contributed by atoms with Crippen molar-refractivity contribution in [1.82, 2.24) is 4.98 Å². The van der Waals surface area contributed by atoms with Crippen LogP contribution in [0.2, 0.25) is 0 Å². The molecule has 26 heavy (non-hydrogen) atoms. The van der Waals surface area contributed by atoms with Crippen molar-refractivity contribution in [3.05, 3.63) is 40.4 Å². The lowest BCUT2D eigenvalue weighted by atomic mass is 9.87.